The SMILES string of the molecule is CC=CCN1C(=O)CC(=O)N(c2ccc(F)cc2)C1=O. The molecule has 2 rings (SSSR count). The van der Waals surface area contributed by atoms with E-state index in [9.17, 15) is 18.8 Å². The van der Waals surface area contributed by atoms with Crippen molar-refractivity contribution >= 4 is 23.5 Å². The molecule has 1 saturated heterocycles. The number of hydrogen-bond acceptors (Lipinski definition) is 3. The summed E-state index contributed by atoms with van der Waals surface area (Å²) in [5, 5.41) is 0. The van der Waals surface area contributed by atoms with Crippen molar-refractivity contribution in [3.8, 4) is 0 Å². The Bertz CT molecular complexity index is 581. The number of rotatable bonds is 3. The van der Waals surface area contributed by atoms with Gasteiger partial charge in [-0.25, -0.2) is 14.1 Å². The molecular weight excluding hydrogens is 263 g/mol. The summed E-state index contributed by atoms with van der Waals surface area (Å²) >= 11 is 0. The fraction of sp³-hybridized carbons (Fsp3) is 0.214. The maximum atomic E-state index is 12.9. The van der Waals surface area contributed by atoms with E-state index in [0.717, 1.165) is 21.9 Å². The molecule has 1 heterocycles. The molecule has 0 N–H and O–H groups in total. The largest absolute Gasteiger partial charge is 0.338 e. The number of urea groups is 1. The molecule has 1 fully saturated rings. The molecule has 0 aromatic heterocycles. The average molecular weight is 276 g/mol. The van der Waals surface area contributed by atoms with Gasteiger partial charge in [0.2, 0.25) is 11.8 Å². The second-order valence-corrected chi connectivity index (χ2v) is 4.24. The van der Waals surface area contributed by atoms with Crippen LogP contribution in [0.15, 0.2) is 36.4 Å². The molecule has 0 aliphatic carbocycles. The van der Waals surface area contributed by atoms with Gasteiger partial charge in [0, 0.05) is 6.54 Å². The highest BCUT2D eigenvalue weighted by Gasteiger charge is 2.38. The average Bonchev–Trinajstić information content (AvgIpc) is 2.40. The van der Waals surface area contributed by atoms with Crippen LogP contribution in [0.5, 0.6) is 0 Å². The number of allylic oxidation sites excluding steroid dienone is 1. The van der Waals surface area contributed by atoms with Crippen LogP contribution in [-0.4, -0.2) is 29.3 Å². The third-order valence-electron chi connectivity index (χ3n) is 2.88. The van der Waals surface area contributed by atoms with Crippen molar-refractivity contribution in [2.24, 2.45) is 0 Å². The number of anilines is 1. The molecule has 0 saturated carbocycles. The summed E-state index contributed by atoms with van der Waals surface area (Å²) in [5.74, 6) is -1.60. The van der Waals surface area contributed by atoms with Gasteiger partial charge in [0.05, 0.1) is 5.69 Å². The zero-order chi connectivity index (χ0) is 14.7. The summed E-state index contributed by atoms with van der Waals surface area (Å²) < 4.78 is 12.9. The van der Waals surface area contributed by atoms with Crippen molar-refractivity contribution in [3.63, 3.8) is 0 Å². The van der Waals surface area contributed by atoms with Crippen LogP contribution in [0.2, 0.25) is 0 Å². The van der Waals surface area contributed by atoms with Crippen LogP contribution in [-0.2, 0) is 9.59 Å². The first-order valence-electron chi connectivity index (χ1n) is 6.08. The molecular formula is C14H13FN2O3. The smallest absolute Gasteiger partial charge is 0.274 e. The Morgan fingerprint density at radius 2 is 1.80 bits per heavy atom. The van der Waals surface area contributed by atoms with Crippen molar-refractivity contribution in [2.45, 2.75) is 13.3 Å². The van der Waals surface area contributed by atoms with Crippen LogP contribution in [0.25, 0.3) is 0 Å². The molecule has 6 heteroatoms. The normalized spacial score (nSPS) is 16.4. The molecule has 5 nitrogen and oxygen atoms in total. The van der Waals surface area contributed by atoms with Gasteiger partial charge in [-0.3, -0.25) is 14.5 Å². The number of amides is 4. The first-order valence-corrected chi connectivity index (χ1v) is 6.08. The van der Waals surface area contributed by atoms with Gasteiger partial charge in [-0.05, 0) is 31.2 Å². The van der Waals surface area contributed by atoms with Crippen LogP contribution in [0.3, 0.4) is 0 Å². The lowest BCUT2D eigenvalue weighted by Crippen LogP contribution is -2.55. The number of nitrogens with zero attached hydrogens (tertiary/aromatic N) is 2. The molecule has 0 unspecified atom stereocenters. The summed E-state index contributed by atoms with van der Waals surface area (Å²) in [5.41, 5.74) is 0.249. The quantitative estimate of drug-likeness (QED) is 0.627. The number of hydrogen-bond donors (Lipinski definition) is 0. The molecule has 0 atom stereocenters. The highest BCUT2D eigenvalue weighted by Crippen LogP contribution is 2.22. The third-order valence-corrected chi connectivity index (χ3v) is 2.88. The van der Waals surface area contributed by atoms with Gasteiger partial charge in [-0.15, -0.1) is 0 Å². The summed E-state index contributed by atoms with van der Waals surface area (Å²) in [6, 6.07) is 4.25. The Morgan fingerprint density at radius 3 is 2.40 bits per heavy atom. The van der Waals surface area contributed by atoms with E-state index in [1.165, 1.54) is 12.1 Å². The zero-order valence-electron chi connectivity index (χ0n) is 10.9. The third kappa shape index (κ3) is 2.59. The molecule has 104 valence electrons. The lowest BCUT2D eigenvalue weighted by molar-refractivity contribution is -0.134. The van der Waals surface area contributed by atoms with Crippen LogP contribution in [0, 0.1) is 5.82 Å². The summed E-state index contributed by atoms with van der Waals surface area (Å²) in [6.45, 7) is 1.88. The van der Waals surface area contributed by atoms with E-state index in [2.05, 4.69) is 0 Å². The van der Waals surface area contributed by atoms with E-state index in [-0.39, 0.29) is 18.7 Å². The first kappa shape index (κ1) is 13.9. The Labute approximate surface area is 115 Å². The van der Waals surface area contributed by atoms with E-state index < -0.39 is 23.7 Å². The van der Waals surface area contributed by atoms with Crippen LogP contribution >= 0.6 is 0 Å². The fourth-order valence-electron chi connectivity index (χ4n) is 1.87. The highest BCUT2D eigenvalue weighted by molar-refractivity contribution is 6.26. The lowest BCUT2D eigenvalue weighted by Gasteiger charge is -2.32. The molecule has 4 amide bonds. The number of carbonyl (C=O) groups excluding carboxylic acids is 3. The summed E-state index contributed by atoms with van der Waals surface area (Å²) in [4.78, 5) is 37.7. The first-order chi connectivity index (χ1) is 9.54. The Kier molecular flexibility index (Phi) is 3.93. The van der Waals surface area contributed by atoms with Crippen LogP contribution in [0.1, 0.15) is 13.3 Å². The predicted octanol–water partition coefficient (Wildman–Crippen LogP) is 2.09. The second kappa shape index (κ2) is 5.64. The van der Waals surface area contributed by atoms with Gasteiger partial charge >= 0.3 is 6.03 Å². The Morgan fingerprint density at radius 1 is 1.15 bits per heavy atom. The van der Waals surface area contributed by atoms with Crippen molar-refractivity contribution in [2.75, 3.05) is 11.4 Å². The van der Waals surface area contributed by atoms with Crippen molar-refractivity contribution in [1.29, 1.82) is 0 Å². The standard InChI is InChI=1S/C14H13FN2O3/c1-2-3-8-16-12(18)9-13(19)17(14(16)20)11-6-4-10(15)5-7-11/h2-7H,8-9H2,1H3. The maximum absolute atomic E-state index is 12.9. The van der Waals surface area contributed by atoms with Crippen molar-refractivity contribution in [1.82, 2.24) is 4.90 Å². The number of halogens is 1. The topological polar surface area (TPSA) is 57.7 Å². The molecule has 20 heavy (non-hydrogen) atoms. The summed E-state index contributed by atoms with van der Waals surface area (Å²) in [7, 11) is 0. The number of benzene rings is 1. The molecule has 1 aliphatic rings. The molecule has 1 aromatic rings. The Hall–Kier alpha value is -2.50. The highest BCUT2D eigenvalue weighted by atomic mass is 19.1. The zero-order valence-corrected chi connectivity index (χ0v) is 10.9. The van der Waals surface area contributed by atoms with E-state index in [1.807, 2.05) is 0 Å². The Balaban J connectivity index is 2.31. The van der Waals surface area contributed by atoms with Gasteiger partial charge in [0.15, 0.2) is 0 Å². The van der Waals surface area contributed by atoms with Gasteiger partial charge in [-0.1, -0.05) is 12.2 Å². The minimum atomic E-state index is -0.712. The van der Waals surface area contributed by atoms with E-state index in [0.29, 0.717) is 0 Å². The minimum Gasteiger partial charge on any atom is -0.274 e. The number of imide groups is 2. The predicted molar refractivity (Wildman–Crippen MR) is 70.4 cm³/mol. The van der Waals surface area contributed by atoms with Gasteiger partial charge < -0.3 is 0 Å². The van der Waals surface area contributed by atoms with Crippen LogP contribution in [0.4, 0.5) is 14.9 Å². The van der Waals surface area contributed by atoms with Crippen molar-refractivity contribution < 1.29 is 18.8 Å². The number of barbiturate groups is 1. The minimum absolute atomic E-state index is 0.110. The fourth-order valence-corrected chi connectivity index (χ4v) is 1.87. The molecule has 1 aromatic carbocycles. The van der Waals surface area contributed by atoms with E-state index >= 15 is 0 Å². The summed E-state index contributed by atoms with van der Waals surface area (Å²) in [6.07, 6.45) is 2.98. The monoisotopic (exact) mass is 276 g/mol. The number of carbonyl (C=O) groups is 3. The molecule has 1 aliphatic heterocycles. The van der Waals surface area contributed by atoms with Crippen LogP contribution < -0.4 is 4.90 Å². The molecule has 0 bridgehead atoms. The van der Waals surface area contributed by atoms with E-state index in [4.69, 9.17) is 0 Å². The molecule has 0 spiro atoms. The van der Waals surface area contributed by atoms with Gasteiger partial charge in [0.1, 0.15) is 12.2 Å². The maximum Gasteiger partial charge on any atom is 0.338 e. The van der Waals surface area contributed by atoms with Gasteiger partial charge in [0.25, 0.3) is 0 Å². The second-order valence-electron chi connectivity index (χ2n) is 4.24. The molecule has 0 radical (unpaired) electrons. The van der Waals surface area contributed by atoms with Gasteiger partial charge in [-0.2, -0.15) is 0 Å². The van der Waals surface area contributed by atoms with Crippen molar-refractivity contribution in [3.05, 3.63) is 42.2 Å². The van der Waals surface area contributed by atoms with E-state index in [1.54, 1.807) is 19.1 Å². The lowest BCUT2D eigenvalue weighted by atomic mass is 10.2.